The van der Waals surface area contributed by atoms with Crippen molar-refractivity contribution in [2.45, 2.75) is 69.5 Å². The molecule has 7 nitrogen and oxygen atoms in total. The Morgan fingerprint density at radius 1 is 0.952 bits per heavy atom. The van der Waals surface area contributed by atoms with Gasteiger partial charge in [-0.05, 0) is 79.8 Å². The van der Waals surface area contributed by atoms with Crippen molar-refractivity contribution in [1.29, 1.82) is 0 Å². The lowest BCUT2D eigenvalue weighted by atomic mass is 10.1. The second-order valence-corrected chi connectivity index (χ2v) is 13.5. The van der Waals surface area contributed by atoms with Crippen LogP contribution in [0.4, 0.5) is 5.69 Å². The zero-order valence-corrected chi connectivity index (χ0v) is 26.6. The minimum absolute atomic E-state index is 0.00926. The molecule has 0 aromatic heterocycles. The van der Waals surface area contributed by atoms with Gasteiger partial charge < -0.3 is 10.2 Å². The fraction of sp³-hybridized carbons (Fsp3) is 0.355. The summed E-state index contributed by atoms with van der Waals surface area (Å²) in [5, 5.41) is 4.17. The lowest BCUT2D eigenvalue weighted by molar-refractivity contribution is -0.140. The number of sulfonamides is 1. The number of anilines is 1. The predicted octanol–water partition coefficient (Wildman–Crippen LogP) is 7.02. The molecule has 0 radical (unpaired) electrons. The van der Waals surface area contributed by atoms with E-state index in [1.54, 1.807) is 49.4 Å². The van der Waals surface area contributed by atoms with E-state index in [9.17, 15) is 18.0 Å². The SMILES string of the molecule is CC[C@H](C(=O)NC1CCCC1)N(Cc1ccc(Cl)c(Cl)c1)C(=O)CN(c1ccccc1C)S(=O)(=O)c1ccc(Cl)cc1. The molecular weight excluding hydrogens is 617 g/mol. The van der Waals surface area contributed by atoms with E-state index in [4.69, 9.17) is 34.8 Å². The number of halogens is 3. The van der Waals surface area contributed by atoms with E-state index < -0.39 is 28.5 Å². The molecule has 0 bridgehead atoms. The topological polar surface area (TPSA) is 86.8 Å². The standard InChI is InChI=1S/C31H34Cl3N3O4S/c1-3-28(31(39)35-24-9-5-6-10-24)36(19-22-12-17-26(33)27(34)18-22)30(38)20-37(29-11-7-4-8-21(29)2)42(40,41)25-15-13-23(32)14-16-25/h4,7-8,11-18,24,28H,3,5-6,9-10,19-20H2,1-2H3,(H,35,39)/t28-/m1/s1. The third kappa shape index (κ3) is 7.59. The molecule has 0 spiro atoms. The molecule has 1 saturated carbocycles. The maximum atomic E-state index is 14.2. The first-order valence-electron chi connectivity index (χ1n) is 13.9. The van der Waals surface area contributed by atoms with Crippen molar-refractivity contribution < 1.29 is 18.0 Å². The van der Waals surface area contributed by atoms with E-state index in [1.807, 2.05) is 6.92 Å². The molecule has 0 unspecified atom stereocenters. The molecule has 4 rings (SSSR count). The number of nitrogens with one attached hydrogen (secondary N) is 1. The van der Waals surface area contributed by atoms with Crippen LogP contribution in [0, 0.1) is 6.92 Å². The zero-order valence-electron chi connectivity index (χ0n) is 23.5. The number of amides is 2. The highest BCUT2D eigenvalue weighted by atomic mass is 35.5. The Bertz CT molecular complexity index is 1530. The van der Waals surface area contributed by atoms with Crippen molar-refractivity contribution in [2.75, 3.05) is 10.8 Å². The van der Waals surface area contributed by atoms with Crippen LogP contribution in [0.25, 0.3) is 0 Å². The molecule has 224 valence electrons. The van der Waals surface area contributed by atoms with Gasteiger partial charge in [0.05, 0.1) is 20.6 Å². The van der Waals surface area contributed by atoms with Gasteiger partial charge in [0.15, 0.2) is 0 Å². The summed E-state index contributed by atoms with van der Waals surface area (Å²) in [7, 11) is -4.19. The maximum Gasteiger partial charge on any atom is 0.264 e. The molecule has 1 aliphatic rings. The Balaban J connectivity index is 1.73. The first kappa shape index (κ1) is 32.1. The lowest BCUT2D eigenvalue weighted by Gasteiger charge is -2.34. The Morgan fingerprint density at radius 3 is 2.24 bits per heavy atom. The fourth-order valence-electron chi connectivity index (χ4n) is 5.21. The Morgan fingerprint density at radius 2 is 1.62 bits per heavy atom. The van der Waals surface area contributed by atoms with Gasteiger partial charge in [-0.15, -0.1) is 0 Å². The number of carbonyl (C=O) groups is 2. The molecule has 0 aliphatic heterocycles. The van der Waals surface area contributed by atoms with Gasteiger partial charge in [-0.25, -0.2) is 8.42 Å². The first-order valence-corrected chi connectivity index (χ1v) is 16.5. The molecule has 11 heteroatoms. The lowest BCUT2D eigenvalue weighted by Crippen LogP contribution is -2.53. The molecular formula is C31H34Cl3N3O4S. The van der Waals surface area contributed by atoms with Crippen molar-refractivity contribution in [2.24, 2.45) is 0 Å². The summed E-state index contributed by atoms with van der Waals surface area (Å²) >= 11 is 18.4. The Labute approximate surface area is 262 Å². The summed E-state index contributed by atoms with van der Waals surface area (Å²) in [6.45, 7) is 3.12. The molecule has 3 aromatic rings. The van der Waals surface area contributed by atoms with Crippen LogP contribution in [0.1, 0.15) is 50.2 Å². The largest absolute Gasteiger partial charge is 0.352 e. The monoisotopic (exact) mass is 649 g/mol. The van der Waals surface area contributed by atoms with Crippen LogP contribution in [-0.2, 0) is 26.2 Å². The normalized spacial score (nSPS) is 14.4. The summed E-state index contributed by atoms with van der Waals surface area (Å²) in [6, 6.07) is 17.0. The second kappa shape index (κ2) is 14.1. The number of carbonyl (C=O) groups excluding carboxylic acids is 2. The molecule has 0 saturated heterocycles. The van der Waals surface area contributed by atoms with Crippen molar-refractivity contribution in [1.82, 2.24) is 10.2 Å². The molecule has 42 heavy (non-hydrogen) atoms. The van der Waals surface area contributed by atoms with Crippen LogP contribution in [0.15, 0.2) is 71.6 Å². The van der Waals surface area contributed by atoms with Gasteiger partial charge in [-0.3, -0.25) is 13.9 Å². The van der Waals surface area contributed by atoms with Crippen LogP contribution in [0.2, 0.25) is 15.1 Å². The van der Waals surface area contributed by atoms with E-state index >= 15 is 0 Å². The highest BCUT2D eigenvalue weighted by Gasteiger charge is 2.35. The summed E-state index contributed by atoms with van der Waals surface area (Å²) in [6.07, 6.45) is 4.20. The van der Waals surface area contributed by atoms with Gasteiger partial charge in [-0.2, -0.15) is 0 Å². The highest BCUT2D eigenvalue weighted by molar-refractivity contribution is 7.92. The van der Waals surface area contributed by atoms with Crippen LogP contribution >= 0.6 is 34.8 Å². The zero-order chi connectivity index (χ0) is 30.4. The fourth-order valence-corrected chi connectivity index (χ4v) is 7.14. The van der Waals surface area contributed by atoms with Crippen molar-refractivity contribution in [3.63, 3.8) is 0 Å². The molecule has 0 heterocycles. The van der Waals surface area contributed by atoms with E-state index in [0.29, 0.717) is 38.3 Å². The minimum atomic E-state index is -4.19. The first-order chi connectivity index (χ1) is 20.0. The van der Waals surface area contributed by atoms with Crippen molar-refractivity contribution in [3.8, 4) is 0 Å². The maximum absolute atomic E-state index is 14.2. The number of rotatable bonds is 11. The summed E-state index contributed by atoms with van der Waals surface area (Å²) in [5.41, 5.74) is 1.69. The van der Waals surface area contributed by atoms with Crippen LogP contribution in [-0.4, -0.2) is 43.8 Å². The van der Waals surface area contributed by atoms with Gasteiger partial charge in [0.2, 0.25) is 11.8 Å². The summed E-state index contributed by atoms with van der Waals surface area (Å²) in [5.74, 6) is -0.795. The average Bonchev–Trinajstić information content (AvgIpc) is 3.47. The quantitative estimate of drug-likeness (QED) is 0.242. The van der Waals surface area contributed by atoms with Crippen molar-refractivity contribution >= 4 is 62.3 Å². The average molecular weight is 651 g/mol. The Kier molecular flexibility index (Phi) is 10.8. The van der Waals surface area contributed by atoms with Gasteiger partial charge in [0, 0.05) is 17.6 Å². The number of hydrogen-bond acceptors (Lipinski definition) is 4. The number of hydrogen-bond donors (Lipinski definition) is 1. The van der Waals surface area contributed by atoms with E-state index in [2.05, 4.69) is 5.32 Å². The van der Waals surface area contributed by atoms with E-state index in [0.717, 1.165) is 30.0 Å². The van der Waals surface area contributed by atoms with Gasteiger partial charge in [0.25, 0.3) is 10.0 Å². The molecule has 1 atom stereocenters. The van der Waals surface area contributed by atoms with Crippen LogP contribution < -0.4 is 9.62 Å². The third-order valence-electron chi connectivity index (χ3n) is 7.49. The number of nitrogens with zero attached hydrogens (tertiary/aromatic N) is 2. The van der Waals surface area contributed by atoms with E-state index in [-0.39, 0.29) is 23.4 Å². The van der Waals surface area contributed by atoms with Crippen LogP contribution in [0.5, 0.6) is 0 Å². The van der Waals surface area contributed by atoms with E-state index in [1.165, 1.54) is 29.2 Å². The Hall–Kier alpha value is -2.78. The molecule has 1 N–H and O–H groups in total. The number of para-hydroxylation sites is 1. The summed E-state index contributed by atoms with van der Waals surface area (Å²) in [4.78, 5) is 29.2. The minimum Gasteiger partial charge on any atom is -0.352 e. The van der Waals surface area contributed by atoms with Crippen LogP contribution in [0.3, 0.4) is 0 Å². The second-order valence-electron chi connectivity index (χ2n) is 10.4. The molecule has 3 aromatic carbocycles. The van der Waals surface area contributed by atoms with Gasteiger partial charge >= 0.3 is 0 Å². The number of aryl methyl sites for hydroxylation is 1. The summed E-state index contributed by atoms with van der Waals surface area (Å²) < 4.78 is 29.1. The predicted molar refractivity (Wildman–Crippen MR) is 169 cm³/mol. The molecule has 1 fully saturated rings. The smallest absolute Gasteiger partial charge is 0.264 e. The van der Waals surface area contributed by atoms with Gasteiger partial charge in [-0.1, -0.05) is 78.8 Å². The molecule has 1 aliphatic carbocycles. The third-order valence-corrected chi connectivity index (χ3v) is 10.3. The number of benzene rings is 3. The van der Waals surface area contributed by atoms with Crippen molar-refractivity contribution in [3.05, 3.63) is 92.9 Å². The van der Waals surface area contributed by atoms with Gasteiger partial charge in [0.1, 0.15) is 12.6 Å². The highest BCUT2D eigenvalue weighted by Crippen LogP contribution is 2.29. The molecule has 2 amide bonds.